The largest absolute Gasteiger partial charge is 0.464 e. The lowest BCUT2D eigenvalue weighted by Gasteiger charge is -2.28. The number of alkyl halides is 1. The number of aliphatic hydroxyl groups excluding tert-OH is 1. The van der Waals surface area contributed by atoms with Crippen LogP contribution in [-0.4, -0.2) is 70.4 Å². The van der Waals surface area contributed by atoms with Gasteiger partial charge in [0, 0.05) is 0 Å². The van der Waals surface area contributed by atoms with Gasteiger partial charge in [0.15, 0.2) is 6.17 Å². The summed E-state index contributed by atoms with van der Waals surface area (Å²) in [4.78, 5) is 21.7. The summed E-state index contributed by atoms with van der Waals surface area (Å²) >= 11 is 1.04. The average molecular weight is 572 g/mol. The van der Waals surface area contributed by atoms with E-state index in [1.807, 2.05) is 13.8 Å². The summed E-state index contributed by atoms with van der Waals surface area (Å²) in [5, 5.41) is 11.4. The second-order valence-electron chi connectivity index (χ2n) is 8.90. The minimum Gasteiger partial charge on any atom is -0.464 e. The molecule has 0 amide bonds. The molecule has 38 heavy (non-hydrogen) atoms. The van der Waals surface area contributed by atoms with Crippen LogP contribution in [0.5, 0.6) is 5.75 Å². The van der Waals surface area contributed by atoms with Crippen LogP contribution in [-0.2, 0) is 18.6 Å². The predicted molar refractivity (Wildman–Crippen MR) is 145 cm³/mol. The Balaban J connectivity index is 1.68. The number of aliphatic imine (C=N–C) groups is 2. The number of benzene rings is 1. The van der Waals surface area contributed by atoms with Crippen LogP contribution in [0.4, 0.5) is 4.39 Å². The molecule has 0 aliphatic carbocycles. The number of thioether (sulfide) groups is 1. The van der Waals surface area contributed by atoms with Gasteiger partial charge in [-0.2, -0.15) is 10.1 Å². The molecule has 14 heteroatoms. The summed E-state index contributed by atoms with van der Waals surface area (Å²) in [5.74, 6) is 0.00682. The van der Waals surface area contributed by atoms with E-state index in [0.717, 1.165) is 24.6 Å². The summed E-state index contributed by atoms with van der Waals surface area (Å²) in [6, 6.07) is 7.25. The quantitative estimate of drug-likeness (QED) is 0.238. The van der Waals surface area contributed by atoms with E-state index in [9.17, 15) is 14.5 Å². The van der Waals surface area contributed by atoms with Gasteiger partial charge in [-0.1, -0.05) is 51.5 Å². The maximum absolute atomic E-state index is 15.1. The van der Waals surface area contributed by atoms with Gasteiger partial charge < -0.3 is 25.0 Å². The molecule has 2 aliphatic heterocycles. The van der Waals surface area contributed by atoms with Crippen molar-refractivity contribution in [3.8, 4) is 5.75 Å². The van der Waals surface area contributed by atoms with Crippen molar-refractivity contribution < 1.29 is 32.6 Å². The summed E-state index contributed by atoms with van der Waals surface area (Å²) in [7, 11) is -4.18. The molecule has 2 heterocycles. The molecule has 11 nitrogen and oxygen atoms in total. The summed E-state index contributed by atoms with van der Waals surface area (Å²) in [5.41, 5.74) is 5.55. The number of ether oxygens (including phenoxy) is 1. The zero-order valence-corrected chi connectivity index (χ0v) is 23.3. The highest BCUT2D eigenvalue weighted by Crippen LogP contribution is 2.47. The van der Waals surface area contributed by atoms with Gasteiger partial charge >= 0.3 is 13.7 Å². The van der Waals surface area contributed by atoms with Crippen molar-refractivity contribution in [3.63, 3.8) is 0 Å². The van der Waals surface area contributed by atoms with Gasteiger partial charge in [-0.3, -0.25) is 9.32 Å². The maximum atomic E-state index is 15.1. The molecule has 0 radical (unpaired) electrons. The van der Waals surface area contributed by atoms with Crippen LogP contribution in [0.15, 0.2) is 52.7 Å². The Morgan fingerprint density at radius 3 is 2.66 bits per heavy atom. The number of hydrogen-bond acceptors (Lipinski definition) is 11. The van der Waals surface area contributed by atoms with Crippen molar-refractivity contribution in [3.05, 3.63) is 42.7 Å². The number of nitrogens with one attached hydrogen (secondary N) is 1. The van der Waals surface area contributed by atoms with E-state index in [0.29, 0.717) is 0 Å². The molecule has 2 unspecified atom stereocenters. The van der Waals surface area contributed by atoms with Gasteiger partial charge in [-0.15, -0.1) is 11.8 Å². The molecule has 6 atom stereocenters. The van der Waals surface area contributed by atoms with E-state index in [-0.39, 0.29) is 36.7 Å². The lowest BCUT2D eigenvalue weighted by Crippen LogP contribution is -2.40. The molecule has 4 N–H and O–H groups in total. The third kappa shape index (κ3) is 7.79. The second kappa shape index (κ2) is 13.6. The molecular weight excluding hydrogens is 536 g/mol. The monoisotopic (exact) mass is 571 g/mol. The number of esters is 1. The molecular formula is C24H35FN5O6PS. The van der Waals surface area contributed by atoms with Crippen LogP contribution in [0.1, 0.15) is 33.6 Å². The van der Waals surface area contributed by atoms with Crippen molar-refractivity contribution in [2.75, 3.05) is 13.2 Å². The SMILES string of the molecule is C=C1N=C(N)N=CN1[C@@H]1S[C@H](COP(=O)(N[C@@H](C)C(=O)OCC(CC)CC)Oc2ccccc2)[C@H](O)C1F. The lowest BCUT2D eigenvalue weighted by molar-refractivity contribution is -0.146. The summed E-state index contributed by atoms with van der Waals surface area (Å²) in [6.45, 7) is 9.15. The number of guanidine groups is 1. The lowest BCUT2D eigenvalue weighted by atomic mass is 10.1. The molecule has 2 aliphatic rings. The molecule has 210 valence electrons. The number of rotatable bonds is 13. The van der Waals surface area contributed by atoms with Gasteiger partial charge in [0.1, 0.15) is 35.4 Å². The Hall–Kier alpha value is -2.44. The molecule has 1 aromatic rings. The zero-order chi connectivity index (χ0) is 27.9. The van der Waals surface area contributed by atoms with Crippen LogP contribution >= 0.6 is 19.5 Å². The third-order valence-corrected chi connectivity index (χ3v) is 9.30. The summed E-state index contributed by atoms with van der Waals surface area (Å²) in [6.07, 6.45) is -0.156. The van der Waals surface area contributed by atoms with E-state index in [4.69, 9.17) is 19.5 Å². The number of nitrogens with two attached hydrogens (primary N) is 1. The predicted octanol–water partition coefficient (Wildman–Crippen LogP) is 3.42. The van der Waals surface area contributed by atoms with Gasteiger partial charge in [0.25, 0.3) is 0 Å². The highest BCUT2D eigenvalue weighted by atomic mass is 32.2. The Morgan fingerprint density at radius 1 is 1.34 bits per heavy atom. The van der Waals surface area contributed by atoms with Crippen LogP contribution in [0.2, 0.25) is 0 Å². The second-order valence-corrected chi connectivity index (χ2v) is 12.0. The molecule has 0 aromatic heterocycles. The van der Waals surface area contributed by atoms with E-state index in [2.05, 4.69) is 21.7 Å². The first-order valence-corrected chi connectivity index (χ1v) is 14.8. The molecule has 1 saturated heterocycles. The number of carbonyl (C=O) groups excluding carboxylic acids is 1. The van der Waals surface area contributed by atoms with Crippen molar-refractivity contribution in [1.82, 2.24) is 9.99 Å². The number of halogens is 1. The van der Waals surface area contributed by atoms with Gasteiger partial charge in [0.05, 0.1) is 18.5 Å². The normalized spacial score (nSPS) is 25.7. The van der Waals surface area contributed by atoms with Gasteiger partial charge in [-0.25, -0.2) is 13.9 Å². The van der Waals surface area contributed by atoms with Crippen molar-refractivity contribution in [2.24, 2.45) is 21.6 Å². The smallest absolute Gasteiger partial charge is 0.459 e. The summed E-state index contributed by atoms with van der Waals surface area (Å²) < 4.78 is 45.5. The van der Waals surface area contributed by atoms with Crippen molar-refractivity contribution in [1.29, 1.82) is 0 Å². The highest BCUT2D eigenvalue weighted by Gasteiger charge is 2.48. The maximum Gasteiger partial charge on any atom is 0.459 e. The number of aliphatic hydroxyl groups is 1. The van der Waals surface area contributed by atoms with Gasteiger partial charge in [-0.05, 0) is 25.0 Å². The van der Waals surface area contributed by atoms with Crippen LogP contribution in [0.25, 0.3) is 0 Å². The molecule has 3 rings (SSSR count). The topological polar surface area (TPSA) is 148 Å². The Morgan fingerprint density at radius 2 is 2.03 bits per heavy atom. The number of nitrogens with zero attached hydrogens (tertiary/aromatic N) is 3. The average Bonchev–Trinajstić information content (AvgIpc) is 3.17. The molecule has 0 saturated carbocycles. The zero-order valence-electron chi connectivity index (χ0n) is 21.6. The fourth-order valence-electron chi connectivity index (χ4n) is 3.71. The number of hydrogen-bond donors (Lipinski definition) is 3. The third-order valence-electron chi connectivity index (χ3n) is 6.12. The van der Waals surface area contributed by atoms with E-state index >= 15 is 4.39 Å². The van der Waals surface area contributed by atoms with Crippen molar-refractivity contribution >= 4 is 37.8 Å². The van der Waals surface area contributed by atoms with Crippen LogP contribution < -0.4 is 15.3 Å². The Labute approximate surface area is 226 Å². The molecule has 1 aromatic carbocycles. The van der Waals surface area contributed by atoms with E-state index in [1.165, 1.54) is 18.2 Å². The Kier molecular flexibility index (Phi) is 10.8. The van der Waals surface area contributed by atoms with Crippen molar-refractivity contribution in [2.45, 2.75) is 62.6 Å². The Bertz CT molecular complexity index is 1080. The van der Waals surface area contributed by atoms with E-state index in [1.54, 1.807) is 30.3 Å². The molecule has 0 bridgehead atoms. The fraction of sp³-hybridized carbons (Fsp3) is 0.542. The fourth-order valence-corrected chi connectivity index (χ4v) is 6.76. The van der Waals surface area contributed by atoms with Gasteiger partial charge in [0.2, 0.25) is 5.96 Å². The first-order chi connectivity index (χ1) is 18.1. The molecule has 0 spiro atoms. The molecule has 1 fully saturated rings. The van der Waals surface area contributed by atoms with E-state index < -0.39 is 42.7 Å². The standard InChI is InChI=1S/C24H35FN5O6PS/c1-5-17(6-2)12-34-23(32)15(3)29-37(33,36-18-10-8-7-9-11-18)35-13-19-21(31)20(25)22(38-19)30-14-27-24(26)28-16(30)4/h7-11,14-15,17,19-22,31H,4-6,12-13H2,1-3H3,(H2,26,28)(H,29,33)/t15-,19+,20?,21-,22+,37?/m0/s1. The minimum absolute atomic E-state index is 0.0114. The van der Waals surface area contributed by atoms with Crippen LogP contribution in [0, 0.1) is 5.92 Å². The first kappa shape index (κ1) is 30.1. The first-order valence-electron chi connectivity index (χ1n) is 12.3. The number of para-hydroxylation sites is 1. The number of carbonyl (C=O) groups is 1. The highest BCUT2D eigenvalue weighted by molar-refractivity contribution is 8.00. The van der Waals surface area contributed by atoms with Crippen LogP contribution in [0.3, 0.4) is 0 Å². The minimum atomic E-state index is -4.18.